The summed E-state index contributed by atoms with van der Waals surface area (Å²) in [6, 6.07) is 9.45. The van der Waals surface area contributed by atoms with Crippen LogP contribution < -0.4 is 0 Å². The Hall–Kier alpha value is -0.530. The minimum absolute atomic E-state index is 0.617. The molecule has 0 saturated carbocycles. The molecule has 0 bridgehead atoms. The van der Waals surface area contributed by atoms with Crippen LogP contribution in [0.3, 0.4) is 0 Å². The lowest BCUT2D eigenvalue weighted by molar-refractivity contribution is 0.202. The molecule has 0 aliphatic heterocycles. The highest BCUT2D eigenvalue weighted by atomic mass is 35.5. The summed E-state index contributed by atoms with van der Waals surface area (Å²) in [6.45, 7) is 6.86. The Bertz CT molecular complexity index is 362. The molecule has 0 aromatic heterocycles. The largest absolute Gasteiger partial charge is 0.300 e. The van der Waals surface area contributed by atoms with E-state index in [0.717, 1.165) is 24.8 Å². The summed E-state index contributed by atoms with van der Waals surface area (Å²) in [4.78, 5) is 2.56. The van der Waals surface area contributed by atoms with Gasteiger partial charge in [-0.15, -0.1) is 11.6 Å². The highest BCUT2D eigenvalue weighted by Crippen LogP contribution is 2.35. The van der Waals surface area contributed by atoms with Gasteiger partial charge in [-0.25, -0.2) is 0 Å². The van der Waals surface area contributed by atoms with Crippen LogP contribution in [0.1, 0.15) is 37.3 Å². The average Bonchev–Trinajstić information content (AvgIpc) is 2.29. The van der Waals surface area contributed by atoms with E-state index in [2.05, 4.69) is 43.0 Å². The summed E-state index contributed by atoms with van der Waals surface area (Å²) < 4.78 is 0. The molecule has 17 heavy (non-hydrogen) atoms. The zero-order chi connectivity index (χ0) is 12.3. The number of benzene rings is 1. The lowest BCUT2D eigenvalue weighted by atomic mass is 9.77. The van der Waals surface area contributed by atoms with Crippen molar-refractivity contribution in [3.8, 4) is 0 Å². The fraction of sp³-hybridized carbons (Fsp3) is 0.600. The Morgan fingerprint density at radius 2 is 2.12 bits per heavy atom. The van der Waals surface area contributed by atoms with Gasteiger partial charge in [0.15, 0.2) is 0 Å². The van der Waals surface area contributed by atoms with E-state index in [-0.39, 0.29) is 0 Å². The van der Waals surface area contributed by atoms with Crippen molar-refractivity contribution < 1.29 is 0 Å². The predicted octanol–water partition coefficient (Wildman–Crippen LogP) is 3.67. The molecule has 0 N–H and O–H groups in total. The summed E-state index contributed by atoms with van der Waals surface area (Å²) in [5.74, 6) is 1.51. The topological polar surface area (TPSA) is 3.24 Å². The molecule has 1 atom stereocenters. The number of fused-ring (bicyclic) bond motifs is 1. The van der Waals surface area contributed by atoms with Crippen molar-refractivity contribution in [2.24, 2.45) is 0 Å². The van der Waals surface area contributed by atoms with Crippen molar-refractivity contribution >= 4 is 11.6 Å². The lowest BCUT2D eigenvalue weighted by Crippen LogP contribution is -2.38. The summed E-state index contributed by atoms with van der Waals surface area (Å²) in [6.07, 6.45) is 2.34. The van der Waals surface area contributed by atoms with E-state index in [1.165, 1.54) is 13.0 Å². The zero-order valence-electron chi connectivity index (χ0n) is 10.8. The maximum Gasteiger partial charge on any atom is 0.0235 e. The second-order valence-corrected chi connectivity index (χ2v) is 5.61. The first-order chi connectivity index (χ1) is 8.22. The molecule has 0 radical (unpaired) electrons. The number of halogens is 1. The number of hydrogen-bond donors (Lipinski definition) is 0. The molecule has 94 valence electrons. The Morgan fingerprint density at radius 1 is 1.35 bits per heavy atom. The Kier molecular flexibility index (Phi) is 4.47. The third-order valence-electron chi connectivity index (χ3n) is 3.73. The molecule has 1 nitrogen and oxygen atoms in total. The number of hydrogen-bond acceptors (Lipinski definition) is 1. The van der Waals surface area contributed by atoms with Crippen LogP contribution in [0.2, 0.25) is 0 Å². The SMILES string of the molecule is CC(C)N(CCCCl)CC1Cc2ccccc21. The van der Waals surface area contributed by atoms with Gasteiger partial charge in [-0.1, -0.05) is 24.3 Å². The Labute approximate surface area is 110 Å². The minimum atomic E-state index is 0.617. The number of nitrogens with zero attached hydrogens (tertiary/aromatic N) is 1. The van der Waals surface area contributed by atoms with E-state index < -0.39 is 0 Å². The van der Waals surface area contributed by atoms with E-state index >= 15 is 0 Å². The van der Waals surface area contributed by atoms with Gasteiger partial charge >= 0.3 is 0 Å². The molecule has 2 rings (SSSR count). The van der Waals surface area contributed by atoms with Gasteiger partial charge in [0.1, 0.15) is 0 Å². The predicted molar refractivity (Wildman–Crippen MR) is 74.9 cm³/mol. The van der Waals surface area contributed by atoms with E-state index in [0.29, 0.717) is 6.04 Å². The summed E-state index contributed by atoms with van der Waals surface area (Å²) >= 11 is 5.79. The molecule has 1 unspecified atom stereocenters. The third-order valence-corrected chi connectivity index (χ3v) is 3.99. The first-order valence-corrected chi connectivity index (χ1v) is 7.13. The van der Waals surface area contributed by atoms with Crippen molar-refractivity contribution in [3.63, 3.8) is 0 Å². The van der Waals surface area contributed by atoms with Crippen molar-refractivity contribution in [2.75, 3.05) is 19.0 Å². The molecule has 2 heteroatoms. The maximum atomic E-state index is 5.79. The minimum Gasteiger partial charge on any atom is -0.300 e. The Balaban J connectivity index is 1.92. The van der Waals surface area contributed by atoms with Crippen molar-refractivity contribution in [1.29, 1.82) is 0 Å². The Morgan fingerprint density at radius 3 is 2.76 bits per heavy atom. The average molecular weight is 252 g/mol. The van der Waals surface area contributed by atoms with Crippen LogP contribution in [0, 0.1) is 0 Å². The van der Waals surface area contributed by atoms with Crippen LogP contribution in [0.4, 0.5) is 0 Å². The fourth-order valence-corrected chi connectivity index (χ4v) is 2.75. The van der Waals surface area contributed by atoms with Gasteiger partial charge < -0.3 is 4.90 Å². The molecule has 0 saturated heterocycles. The van der Waals surface area contributed by atoms with Crippen LogP contribution in [0.25, 0.3) is 0 Å². The van der Waals surface area contributed by atoms with Crippen LogP contribution in [0.15, 0.2) is 24.3 Å². The fourth-order valence-electron chi connectivity index (χ4n) is 2.63. The molecule has 1 aromatic rings. The first-order valence-electron chi connectivity index (χ1n) is 6.60. The smallest absolute Gasteiger partial charge is 0.0235 e. The molecule has 0 amide bonds. The molecule has 0 fully saturated rings. The molecular weight excluding hydrogens is 230 g/mol. The van der Waals surface area contributed by atoms with E-state index in [1.54, 1.807) is 11.1 Å². The van der Waals surface area contributed by atoms with Crippen LogP contribution >= 0.6 is 11.6 Å². The highest BCUT2D eigenvalue weighted by molar-refractivity contribution is 6.17. The van der Waals surface area contributed by atoms with Gasteiger partial charge in [-0.3, -0.25) is 0 Å². The second kappa shape index (κ2) is 5.88. The third kappa shape index (κ3) is 3.02. The maximum absolute atomic E-state index is 5.79. The molecule has 0 heterocycles. The normalized spacial score (nSPS) is 18.3. The molecule has 0 spiro atoms. The van der Waals surface area contributed by atoms with Gasteiger partial charge in [0.2, 0.25) is 0 Å². The van der Waals surface area contributed by atoms with E-state index in [4.69, 9.17) is 11.6 Å². The zero-order valence-corrected chi connectivity index (χ0v) is 11.6. The van der Waals surface area contributed by atoms with Gasteiger partial charge in [0.05, 0.1) is 0 Å². The lowest BCUT2D eigenvalue weighted by Gasteiger charge is -2.36. The molecule has 1 aliphatic carbocycles. The van der Waals surface area contributed by atoms with Crippen molar-refractivity contribution in [2.45, 2.75) is 38.6 Å². The van der Waals surface area contributed by atoms with Crippen LogP contribution in [-0.2, 0) is 6.42 Å². The number of rotatable bonds is 6. The standard InChI is InChI=1S/C15H22ClN/c1-12(2)17(9-5-8-16)11-14-10-13-6-3-4-7-15(13)14/h3-4,6-7,12,14H,5,8-11H2,1-2H3. The van der Waals surface area contributed by atoms with Crippen molar-refractivity contribution in [3.05, 3.63) is 35.4 Å². The van der Waals surface area contributed by atoms with E-state index in [9.17, 15) is 0 Å². The number of alkyl halides is 1. The first kappa shape index (κ1) is 12.9. The quantitative estimate of drug-likeness (QED) is 0.698. The monoisotopic (exact) mass is 251 g/mol. The van der Waals surface area contributed by atoms with Gasteiger partial charge in [-0.2, -0.15) is 0 Å². The van der Waals surface area contributed by atoms with Gasteiger partial charge in [0.25, 0.3) is 0 Å². The van der Waals surface area contributed by atoms with Gasteiger partial charge in [0, 0.05) is 24.4 Å². The second-order valence-electron chi connectivity index (χ2n) is 5.23. The van der Waals surface area contributed by atoms with Crippen LogP contribution in [0.5, 0.6) is 0 Å². The summed E-state index contributed by atoms with van der Waals surface area (Å²) in [5, 5.41) is 0. The highest BCUT2D eigenvalue weighted by Gasteiger charge is 2.27. The summed E-state index contributed by atoms with van der Waals surface area (Å²) in [5.41, 5.74) is 3.10. The van der Waals surface area contributed by atoms with E-state index in [1.807, 2.05) is 0 Å². The van der Waals surface area contributed by atoms with Crippen molar-refractivity contribution in [1.82, 2.24) is 4.90 Å². The molecule has 1 aliphatic rings. The molecule has 1 aromatic carbocycles. The summed E-state index contributed by atoms with van der Waals surface area (Å²) in [7, 11) is 0. The van der Waals surface area contributed by atoms with Gasteiger partial charge in [-0.05, 0) is 44.4 Å². The van der Waals surface area contributed by atoms with Crippen LogP contribution in [-0.4, -0.2) is 29.9 Å². The molecular formula is C15H22ClN.